The van der Waals surface area contributed by atoms with Gasteiger partial charge in [-0.05, 0) is 61.3 Å². The maximum Gasteiger partial charge on any atom is 0.408 e. The minimum absolute atomic E-state index is 0.0109. The lowest BCUT2D eigenvalue weighted by molar-refractivity contribution is -0.143. The molecule has 4 N–H and O–H groups in total. The van der Waals surface area contributed by atoms with Crippen LogP contribution in [0, 0.1) is 11.8 Å². The van der Waals surface area contributed by atoms with E-state index >= 15 is 0 Å². The molecule has 2 aromatic rings. The lowest BCUT2D eigenvalue weighted by Gasteiger charge is -2.25. The second-order valence-corrected chi connectivity index (χ2v) is 11.4. The third-order valence-electron chi connectivity index (χ3n) is 7.40. The number of carboxylic acid groups (broad SMARTS) is 1. The number of alkyl carbamates (subject to hydrolysis) is 1. The van der Waals surface area contributed by atoms with Crippen LogP contribution in [0.1, 0.15) is 57.1 Å². The number of rotatable bonds is 14. The zero-order valence-electron chi connectivity index (χ0n) is 23.6. The SMILES string of the molecule is CC(C)CC(NC(=O)OC1(Cc2cccc(OCc3ccccc3)c2)CC1)C(=O)NC(C[C@@H]1CCNC1=O)C(=O)O. The number of aliphatic carboxylic acids is 1. The third kappa shape index (κ3) is 8.96. The number of ether oxygens (including phenoxy) is 2. The third-order valence-corrected chi connectivity index (χ3v) is 7.40. The number of amides is 3. The molecule has 1 aliphatic carbocycles. The van der Waals surface area contributed by atoms with E-state index in [1.807, 2.05) is 68.4 Å². The molecule has 3 atom stereocenters. The zero-order valence-corrected chi connectivity index (χ0v) is 23.6. The molecule has 0 bridgehead atoms. The Labute approximate surface area is 240 Å². The van der Waals surface area contributed by atoms with Crippen molar-refractivity contribution in [1.82, 2.24) is 16.0 Å². The summed E-state index contributed by atoms with van der Waals surface area (Å²) < 4.78 is 11.8. The highest BCUT2D eigenvalue weighted by molar-refractivity contribution is 5.90. The van der Waals surface area contributed by atoms with Crippen LogP contribution < -0.4 is 20.7 Å². The summed E-state index contributed by atoms with van der Waals surface area (Å²) in [6.45, 7) is 4.74. The highest BCUT2D eigenvalue weighted by Crippen LogP contribution is 2.43. The molecule has 0 aromatic heterocycles. The van der Waals surface area contributed by atoms with Crippen LogP contribution >= 0.6 is 0 Å². The van der Waals surface area contributed by atoms with Gasteiger partial charge in [0.15, 0.2) is 0 Å². The number of hydrogen-bond acceptors (Lipinski definition) is 6. The molecule has 10 nitrogen and oxygen atoms in total. The van der Waals surface area contributed by atoms with Gasteiger partial charge >= 0.3 is 12.1 Å². The van der Waals surface area contributed by atoms with Crippen molar-refractivity contribution in [1.29, 1.82) is 0 Å². The van der Waals surface area contributed by atoms with Gasteiger partial charge in [0, 0.05) is 18.9 Å². The van der Waals surface area contributed by atoms with Gasteiger partial charge in [0.25, 0.3) is 0 Å². The number of nitrogens with one attached hydrogen (secondary N) is 3. The number of carbonyl (C=O) groups excluding carboxylic acids is 3. The normalized spacial score (nSPS) is 18.6. The maximum atomic E-state index is 13.1. The minimum atomic E-state index is -1.24. The van der Waals surface area contributed by atoms with Crippen molar-refractivity contribution in [3.8, 4) is 5.75 Å². The summed E-state index contributed by atoms with van der Waals surface area (Å²) in [6.07, 6.45) is 1.98. The Hall–Kier alpha value is -4.08. The quantitative estimate of drug-likeness (QED) is 0.274. The fourth-order valence-corrected chi connectivity index (χ4v) is 5.03. The Morgan fingerprint density at radius 1 is 1.02 bits per heavy atom. The second kappa shape index (κ2) is 13.5. The van der Waals surface area contributed by atoms with E-state index in [9.17, 15) is 24.3 Å². The average Bonchev–Trinajstić information content (AvgIpc) is 3.55. The van der Waals surface area contributed by atoms with Gasteiger partial charge in [-0.25, -0.2) is 9.59 Å². The number of hydrogen-bond donors (Lipinski definition) is 4. The first kappa shape index (κ1) is 29.9. The molecule has 1 saturated heterocycles. The highest BCUT2D eigenvalue weighted by atomic mass is 16.6. The van der Waals surface area contributed by atoms with Gasteiger partial charge in [-0.3, -0.25) is 9.59 Å². The van der Waals surface area contributed by atoms with E-state index in [0.717, 1.165) is 16.9 Å². The van der Waals surface area contributed by atoms with Gasteiger partial charge < -0.3 is 30.5 Å². The molecule has 2 fully saturated rings. The van der Waals surface area contributed by atoms with Crippen molar-refractivity contribution in [2.75, 3.05) is 6.54 Å². The van der Waals surface area contributed by atoms with E-state index in [0.29, 0.717) is 45.3 Å². The molecule has 4 rings (SSSR count). The average molecular weight is 566 g/mol. The summed E-state index contributed by atoms with van der Waals surface area (Å²) in [5.41, 5.74) is 1.37. The van der Waals surface area contributed by atoms with Crippen LogP contribution in [-0.4, -0.2) is 53.2 Å². The predicted molar refractivity (Wildman–Crippen MR) is 151 cm³/mol. The Morgan fingerprint density at radius 3 is 2.39 bits per heavy atom. The van der Waals surface area contributed by atoms with E-state index in [4.69, 9.17) is 9.47 Å². The fraction of sp³-hybridized carbons (Fsp3) is 0.484. The monoisotopic (exact) mass is 565 g/mol. The van der Waals surface area contributed by atoms with Crippen molar-refractivity contribution >= 4 is 23.9 Å². The summed E-state index contributed by atoms with van der Waals surface area (Å²) >= 11 is 0. The minimum Gasteiger partial charge on any atom is -0.489 e. The molecule has 1 heterocycles. The smallest absolute Gasteiger partial charge is 0.408 e. The lowest BCUT2D eigenvalue weighted by atomic mass is 9.97. The van der Waals surface area contributed by atoms with Gasteiger partial charge in [-0.2, -0.15) is 0 Å². The summed E-state index contributed by atoms with van der Waals surface area (Å²) in [7, 11) is 0. The van der Waals surface area contributed by atoms with Crippen LogP contribution in [0.15, 0.2) is 54.6 Å². The molecule has 41 heavy (non-hydrogen) atoms. The Bertz CT molecular complexity index is 1230. The molecular formula is C31H39N3O7. The second-order valence-electron chi connectivity index (χ2n) is 11.4. The Kier molecular flexibility index (Phi) is 9.86. The van der Waals surface area contributed by atoms with Crippen LogP contribution in [0.4, 0.5) is 4.79 Å². The van der Waals surface area contributed by atoms with Crippen molar-refractivity contribution < 1.29 is 33.8 Å². The summed E-state index contributed by atoms with van der Waals surface area (Å²) in [5, 5.41) is 17.5. The van der Waals surface area contributed by atoms with Gasteiger partial charge in [0.05, 0.1) is 0 Å². The van der Waals surface area contributed by atoms with Crippen LogP contribution in [-0.2, 0) is 32.1 Å². The molecule has 2 unspecified atom stereocenters. The van der Waals surface area contributed by atoms with E-state index in [2.05, 4.69) is 16.0 Å². The van der Waals surface area contributed by atoms with Crippen LogP contribution in [0.3, 0.4) is 0 Å². The number of benzene rings is 2. The molecule has 0 radical (unpaired) electrons. The lowest BCUT2D eigenvalue weighted by Crippen LogP contribution is -2.53. The molecule has 1 saturated carbocycles. The number of carboxylic acids is 1. The van der Waals surface area contributed by atoms with E-state index in [1.54, 1.807) is 0 Å². The Balaban J connectivity index is 1.33. The largest absolute Gasteiger partial charge is 0.489 e. The standard InChI is InChI=1S/C31H39N3O7/c1-20(2)15-25(28(36)33-26(29(37)38)17-23-11-14-32-27(23)35)34-30(39)41-31(12-13-31)18-22-9-6-10-24(16-22)40-19-21-7-4-3-5-8-21/h3-10,16,20,23,25-26H,11-15,17-19H2,1-2H3,(H,32,35)(H,33,36)(H,34,39)(H,37,38)/t23-,25?,26?/m0/s1. The molecule has 1 aliphatic heterocycles. The van der Waals surface area contributed by atoms with Gasteiger partial charge in [0.1, 0.15) is 30.0 Å². The first-order valence-corrected chi connectivity index (χ1v) is 14.2. The van der Waals surface area contributed by atoms with Crippen molar-refractivity contribution in [2.24, 2.45) is 11.8 Å². The molecule has 2 aromatic carbocycles. The van der Waals surface area contributed by atoms with Crippen LogP contribution in [0.25, 0.3) is 0 Å². The van der Waals surface area contributed by atoms with Gasteiger partial charge in [-0.15, -0.1) is 0 Å². The van der Waals surface area contributed by atoms with E-state index in [1.165, 1.54) is 0 Å². The Morgan fingerprint density at radius 2 is 1.76 bits per heavy atom. The van der Waals surface area contributed by atoms with Crippen molar-refractivity contribution in [3.05, 3.63) is 65.7 Å². The van der Waals surface area contributed by atoms with E-state index in [-0.39, 0.29) is 18.2 Å². The molecule has 2 aliphatic rings. The summed E-state index contributed by atoms with van der Waals surface area (Å²) in [6, 6.07) is 15.4. The molecule has 0 spiro atoms. The number of carbonyl (C=O) groups is 4. The summed E-state index contributed by atoms with van der Waals surface area (Å²) in [5.74, 6) is -1.76. The fourth-order valence-electron chi connectivity index (χ4n) is 5.03. The van der Waals surface area contributed by atoms with Crippen LogP contribution in [0.5, 0.6) is 5.75 Å². The topological polar surface area (TPSA) is 143 Å². The van der Waals surface area contributed by atoms with Crippen molar-refractivity contribution in [3.63, 3.8) is 0 Å². The first-order valence-electron chi connectivity index (χ1n) is 14.2. The maximum absolute atomic E-state index is 13.1. The molecule has 10 heteroatoms. The highest BCUT2D eigenvalue weighted by Gasteiger charge is 2.47. The van der Waals surface area contributed by atoms with Gasteiger partial charge in [-0.1, -0.05) is 56.3 Å². The van der Waals surface area contributed by atoms with Gasteiger partial charge in [0.2, 0.25) is 11.8 Å². The predicted octanol–water partition coefficient (Wildman–Crippen LogP) is 3.58. The molecular weight excluding hydrogens is 526 g/mol. The molecule has 3 amide bonds. The first-order chi connectivity index (χ1) is 19.6. The zero-order chi connectivity index (χ0) is 29.4. The summed E-state index contributed by atoms with van der Waals surface area (Å²) in [4.78, 5) is 49.8. The van der Waals surface area contributed by atoms with Crippen molar-refractivity contribution in [2.45, 2.75) is 76.7 Å². The van der Waals surface area contributed by atoms with Crippen LogP contribution in [0.2, 0.25) is 0 Å². The molecule has 220 valence electrons. The van der Waals surface area contributed by atoms with E-state index < -0.39 is 41.6 Å².